The van der Waals surface area contributed by atoms with Gasteiger partial charge in [-0.05, 0) is 51.4 Å². The van der Waals surface area contributed by atoms with Gasteiger partial charge < -0.3 is 15.1 Å². The minimum Gasteiger partial charge on any atom is -0.333 e. The summed E-state index contributed by atoms with van der Waals surface area (Å²) in [5.41, 5.74) is 1.05. The molecular formula is C19H28ClN3O. The summed E-state index contributed by atoms with van der Waals surface area (Å²) in [4.78, 5) is 17.7. The third-order valence-corrected chi connectivity index (χ3v) is 5.74. The molecule has 1 atom stereocenters. The Labute approximate surface area is 150 Å². The first kappa shape index (κ1) is 17.7. The van der Waals surface area contributed by atoms with Crippen molar-refractivity contribution < 1.29 is 4.79 Å². The smallest absolute Gasteiger partial charge is 0.226 e. The first-order chi connectivity index (χ1) is 11.6. The van der Waals surface area contributed by atoms with Gasteiger partial charge in [0.15, 0.2) is 0 Å². The van der Waals surface area contributed by atoms with Crippen LogP contribution in [0.3, 0.4) is 0 Å². The van der Waals surface area contributed by atoms with E-state index >= 15 is 0 Å². The molecule has 0 spiro atoms. The summed E-state index contributed by atoms with van der Waals surface area (Å²) in [5.74, 6) is 0.466. The van der Waals surface area contributed by atoms with Crippen LogP contribution >= 0.6 is 11.6 Å². The minimum absolute atomic E-state index is 0.0445. The SMILES string of the molecule is CC(C)N1CCC(C(=O)N2CCNCC2c2ccccc2Cl)CC1. The molecule has 1 amide bonds. The van der Waals surface area contributed by atoms with Crippen molar-refractivity contribution in [3.05, 3.63) is 34.9 Å². The number of likely N-dealkylation sites (tertiary alicyclic amines) is 1. The largest absolute Gasteiger partial charge is 0.333 e. The lowest BCUT2D eigenvalue weighted by atomic mass is 9.92. The molecule has 2 heterocycles. The summed E-state index contributed by atoms with van der Waals surface area (Å²) in [5, 5.41) is 4.16. The predicted octanol–water partition coefficient (Wildman–Crippen LogP) is 2.93. The average molecular weight is 350 g/mol. The highest BCUT2D eigenvalue weighted by Crippen LogP contribution is 2.31. The summed E-state index contributed by atoms with van der Waals surface area (Å²) >= 11 is 6.39. The fraction of sp³-hybridized carbons (Fsp3) is 0.632. The molecule has 5 heteroatoms. The van der Waals surface area contributed by atoms with Crippen molar-refractivity contribution in [2.45, 2.75) is 38.8 Å². The van der Waals surface area contributed by atoms with Crippen LogP contribution in [-0.4, -0.2) is 54.5 Å². The van der Waals surface area contributed by atoms with Crippen molar-refractivity contribution in [3.8, 4) is 0 Å². The Morgan fingerprint density at radius 3 is 2.58 bits per heavy atom. The van der Waals surface area contributed by atoms with Crippen molar-refractivity contribution in [3.63, 3.8) is 0 Å². The fourth-order valence-electron chi connectivity index (χ4n) is 3.89. The van der Waals surface area contributed by atoms with E-state index in [1.807, 2.05) is 24.3 Å². The molecule has 3 rings (SSSR count). The van der Waals surface area contributed by atoms with Gasteiger partial charge in [0.2, 0.25) is 5.91 Å². The van der Waals surface area contributed by atoms with E-state index in [1.165, 1.54) is 0 Å². The van der Waals surface area contributed by atoms with Crippen molar-refractivity contribution in [2.75, 3.05) is 32.7 Å². The zero-order valence-electron chi connectivity index (χ0n) is 14.7. The highest BCUT2D eigenvalue weighted by molar-refractivity contribution is 6.31. The van der Waals surface area contributed by atoms with Gasteiger partial charge in [0.05, 0.1) is 6.04 Å². The van der Waals surface area contributed by atoms with Crippen molar-refractivity contribution in [1.82, 2.24) is 15.1 Å². The molecule has 1 aromatic carbocycles. The fourth-order valence-corrected chi connectivity index (χ4v) is 4.15. The van der Waals surface area contributed by atoms with Gasteiger partial charge in [-0.25, -0.2) is 0 Å². The number of hydrogen-bond acceptors (Lipinski definition) is 3. The molecule has 4 nitrogen and oxygen atoms in total. The second-order valence-electron chi connectivity index (χ2n) is 7.18. The monoisotopic (exact) mass is 349 g/mol. The maximum atomic E-state index is 13.2. The van der Waals surface area contributed by atoms with Gasteiger partial charge in [-0.3, -0.25) is 4.79 Å². The van der Waals surface area contributed by atoms with Crippen molar-refractivity contribution >= 4 is 17.5 Å². The second-order valence-corrected chi connectivity index (χ2v) is 7.58. The van der Waals surface area contributed by atoms with Crippen LogP contribution in [0.1, 0.15) is 38.3 Å². The molecule has 0 bridgehead atoms. The molecule has 0 radical (unpaired) electrons. The van der Waals surface area contributed by atoms with E-state index in [0.717, 1.165) is 56.2 Å². The number of nitrogens with one attached hydrogen (secondary N) is 1. The molecule has 2 fully saturated rings. The number of amides is 1. The number of benzene rings is 1. The van der Waals surface area contributed by atoms with Gasteiger partial charge in [0, 0.05) is 36.6 Å². The van der Waals surface area contributed by atoms with E-state index in [1.54, 1.807) is 0 Å². The zero-order valence-corrected chi connectivity index (χ0v) is 15.4. The van der Waals surface area contributed by atoms with Crippen LogP contribution in [0.15, 0.2) is 24.3 Å². The molecule has 132 valence electrons. The highest BCUT2D eigenvalue weighted by atomic mass is 35.5. The van der Waals surface area contributed by atoms with E-state index in [4.69, 9.17) is 11.6 Å². The maximum Gasteiger partial charge on any atom is 0.226 e. The van der Waals surface area contributed by atoms with E-state index in [-0.39, 0.29) is 12.0 Å². The Bertz CT molecular complexity index is 569. The first-order valence-electron chi connectivity index (χ1n) is 9.07. The molecule has 0 aromatic heterocycles. The molecular weight excluding hydrogens is 322 g/mol. The molecule has 2 saturated heterocycles. The number of hydrogen-bond donors (Lipinski definition) is 1. The van der Waals surface area contributed by atoms with Crippen LogP contribution < -0.4 is 5.32 Å². The quantitative estimate of drug-likeness (QED) is 0.911. The number of nitrogens with zero attached hydrogens (tertiary/aromatic N) is 2. The minimum atomic E-state index is 0.0445. The molecule has 2 aliphatic rings. The zero-order chi connectivity index (χ0) is 17.1. The standard InChI is InChI=1S/C19H28ClN3O/c1-14(2)22-10-7-15(8-11-22)19(24)23-12-9-21-13-18(23)16-5-3-4-6-17(16)20/h3-6,14-15,18,21H,7-13H2,1-2H3. The first-order valence-corrected chi connectivity index (χ1v) is 9.45. The summed E-state index contributed by atoms with van der Waals surface area (Å²) in [7, 11) is 0. The van der Waals surface area contributed by atoms with Gasteiger partial charge in [0.1, 0.15) is 0 Å². The number of piperazine rings is 1. The number of carbonyl (C=O) groups is 1. The summed E-state index contributed by atoms with van der Waals surface area (Å²) in [6.45, 7) is 8.91. The van der Waals surface area contributed by atoms with Crippen molar-refractivity contribution in [2.24, 2.45) is 5.92 Å². The normalized spacial score (nSPS) is 23.7. The molecule has 1 aromatic rings. The van der Waals surface area contributed by atoms with Crippen LogP contribution in [0, 0.1) is 5.92 Å². The molecule has 2 aliphatic heterocycles. The lowest BCUT2D eigenvalue weighted by Gasteiger charge is -2.41. The van der Waals surface area contributed by atoms with Crippen LogP contribution in [0.4, 0.5) is 0 Å². The Morgan fingerprint density at radius 2 is 1.92 bits per heavy atom. The van der Waals surface area contributed by atoms with E-state index in [0.29, 0.717) is 11.9 Å². The topological polar surface area (TPSA) is 35.6 Å². The predicted molar refractivity (Wildman–Crippen MR) is 98.2 cm³/mol. The van der Waals surface area contributed by atoms with Gasteiger partial charge in [-0.1, -0.05) is 29.8 Å². The highest BCUT2D eigenvalue weighted by Gasteiger charge is 2.34. The van der Waals surface area contributed by atoms with E-state index in [9.17, 15) is 4.79 Å². The van der Waals surface area contributed by atoms with Crippen LogP contribution in [-0.2, 0) is 4.79 Å². The molecule has 0 saturated carbocycles. The summed E-state index contributed by atoms with van der Waals surface area (Å²) < 4.78 is 0. The molecule has 1 unspecified atom stereocenters. The number of carbonyl (C=O) groups excluding carboxylic acids is 1. The van der Waals surface area contributed by atoms with Gasteiger partial charge in [0.25, 0.3) is 0 Å². The molecule has 24 heavy (non-hydrogen) atoms. The van der Waals surface area contributed by atoms with Crippen molar-refractivity contribution in [1.29, 1.82) is 0 Å². The van der Waals surface area contributed by atoms with E-state index in [2.05, 4.69) is 29.0 Å². The maximum absolute atomic E-state index is 13.2. The van der Waals surface area contributed by atoms with Crippen LogP contribution in [0.2, 0.25) is 5.02 Å². The van der Waals surface area contributed by atoms with Crippen LogP contribution in [0.5, 0.6) is 0 Å². The van der Waals surface area contributed by atoms with Gasteiger partial charge in [-0.15, -0.1) is 0 Å². The lowest BCUT2D eigenvalue weighted by molar-refractivity contribution is -0.140. The second kappa shape index (κ2) is 7.85. The Morgan fingerprint density at radius 1 is 1.21 bits per heavy atom. The number of rotatable bonds is 3. The molecule has 1 N–H and O–H groups in total. The van der Waals surface area contributed by atoms with E-state index < -0.39 is 0 Å². The third-order valence-electron chi connectivity index (χ3n) is 5.40. The molecule has 0 aliphatic carbocycles. The van der Waals surface area contributed by atoms with Gasteiger partial charge in [-0.2, -0.15) is 0 Å². The Hall–Kier alpha value is -1.10. The average Bonchev–Trinajstić information content (AvgIpc) is 2.62. The Kier molecular flexibility index (Phi) is 5.80. The van der Waals surface area contributed by atoms with Crippen LogP contribution in [0.25, 0.3) is 0 Å². The van der Waals surface area contributed by atoms with Gasteiger partial charge >= 0.3 is 0 Å². The Balaban J connectivity index is 1.72. The lowest BCUT2D eigenvalue weighted by Crippen LogP contribution is -2.52. The summed E-state index contributed by atoms with van der Waals surface area (Å²) in [6.07, 6.45) is 1.94. The number of piperidine rings is 1. The number of halogens is 1. The third kappa shape index (κ3) is 3.76. The summed E-state index contributed by atoms with van der Waals surface area (Å²) in [6, 6.07) is 8.51.